The number of rotatable bonds is 7. The van der Waals surface area contributed by atoms with Gasteiger partial charge in [0.05, 0.1) is 0 Å². The molecule has 1 aliphatic rings. The van der Waals surface area contributed by atoms with Crippen LogP contribution in [-0.2, 0) is 6.42 Å². The van der Waals surface area contributed by atoms with Gasteiger partial charge in [0.15, 0.2) is 0 Å². The van der Waals surface area contributed by atoms with Gasteiger partial charge in [-0.15, -0.1) is 0 Å². The van der Waals surface area contributed by atoms with Gasteiger partial charge in [-0.25, -0.2) is 0 Å². The van der Waals surface area contributed by atoms with Gasteiger partial charge in [-0.2, -0.15) is 0 Å². The standard InChI is InChI=1S/C19H31NO/c1-4-6-7-16-8-11-17(12-9-16)21-19-14-15(5-2)10-13-18(19)20-3/h8-9,11-12,15,18-20H,4-7,10,13-14H2,1-3H3. The lowest BCUT2D eigenvalue weighted by atomic mass is 9.82. The highest BCUT2D eigenvalue weighted by atomic mass is 16.5. The van der Waals surface area contributed by atoms with Gasteiger partial charge in [0.25, 0.3) is 0 Å². The summed E-state index contributed by atoms with van der Waals surface area (Å²) in [6.07, 6.45) is 9.02. The molecule has 21 heavy (non-hydrogen) atoms. The van der Waals surface area contributed by atoms with Crippen LogP contribution in [-0.4, -0.2) is 19.2 Å². The van der Waals surface area contributed by atoms with Crippen molar-refractivity contribution in [2.24, 2.45) is 5.92 Å². The van der Waals surface area contributed by atoms with Crippen molar-refractivity contribution in [3.05, 3.63) is 29.8 Å². The lowest BCUT2D eigenvalue weighted by molar-refractivity contribution is 0.0883. The first-order chi connectivity index (χ1) is 10.3. The molecule has 0 spiro atoms. The van der Waals surface area contributed by atoms with Crippen LogP contribution in [0.25, 0.3) is 0 Å². The van der Waals surface area contributed by atoms with Crippen LogP contribution in [0.15, 0.2) is 24.3 Å². The molecule has 1 saturated carbocycles. The molecule has 2 rings (SSSR count). The van der Waals surface area contributed by atoms with Gasteiger partial charge in [-0.1, -0.05) is 38.8 Å². The third-order valence-electron chi connectivity index (χ3n) is 4.88. The van der Waals surface area contributed by atoms with Crippen molar-refractivity contribution in [1.29, 1.82) is 0 Å². The van der Waals surface area contributed by atoms with Crippen molar-refractivity contribution >= 4 is 0 Å². The molecule has 3 unspecified atom stereocenters. The average Bonchev–Trinajstić information content (AvgIpc) is 2.54. The molecule has 118 valence electrons. The molecule has 0 aliphatic heterocycles. The monoisotopic (exact) mass is 289 g/mol. The van der Waals surface area contributed by atoms with Gasteiger partial charge >= 0.3 is 0 Å². The van der Waals surface area contributed by atoms with Crippen LogP contribution in [0.1, 0.15) is 57.9 Å². The van der Waals surface area contributed by atoms with E-state index in [1.807, 2.05) is 0 Å². The van der Waals surface area contributed by atoms with E-state index in [0.29, 0.717) is 12.1 Å². The van der Waals surface area contributed by atoms with Gasteiger partial charge in [0.2, 0.25) is 0 Å². The predicted molar refractivity (Wildman–Crippen MR) is 89.9 cm³/mol. The molecule has 0 amide bonds. The van der Waals surface area contributed by atoms with Crippen LogP contribution in [0.4, 0.5) is 0 Å². The number of aryl methyl sites for hydroxylation is 1. The third kappa shape index (κ3) is 4.74. The average molecular weight is 289 g/mol. The number of ether oxygens (including phenoxy) is 1. The number of unbranched alkanes of at least 4 members (excludes halogenated alkanes) is 1. The Morgan fingerprint density at radius 3 is 2.52 bits per heavy atom. The van der Waals surface area contributed by atoms with Gasteiger partial charge in [-0.3, -0.25) is 0 Å². The molecule has 1 aliphatic carbocycles. The predicted octanol–water partition coefficient (Wildman–Crippen LogP) is 4.57. The molecule has 0 heterocycles. The fraction of sp³-hybridized carbons (Fsp3) is 0.684. The molecule has 0 saturated heterocycles. The summed E-state index contributed by atoms with van der Waals surface area (Å²) in [6, 6.07) is 9.23. The van der Waals surface area contributed by atoms with Crippen molar-refractivity contribution in [3.8, 4) is 5.75 Å². The van der Waals surface area contributed by atoms with E-state index in [0.717, 1.165) is 11.7 Å². The summed E-state index contributed by atoms with van der Waals surface area (Å²) >= 11 is 0. The van der Waals surface area contributed by atoms with E-state index >= 15 is 0 Å². The van der Waals surface area contributed by atoms with Crippen molar-refractivity contribution in [2.75, 3.05) is 7.05 Å². The Balaban J connectivity index is 1.94. The largest absolute Gasteiger partial charge is 0.489 e. The minimum absolute atomic E-state index is 0.315. The van der Waals surface area contributed by atoms with Crippen molar-refractivity contribution in [2.45, 2.75) is 70.9 Å². The Bertz CT molecular complexity index is 401. The van der Waals surface area contributed by atoms with E-state index in [1.54, 1.807) is 0 Å². The van der Waals surface area contributed by atoms with E-state index in [1.165, 1.54) is 50.5 Å². The first-order valence-electron chi connectivity index (χ1n) is 8.69. The first kappa shape index (κ1) is 16.4. The maximum atomic E-state index is 6.29. The normalized spacial score (nSPS) is 25.8. The van der Waals surface area contributed by atoms with Gasteiger partial charge in [0, 0.05) is 6.04 Å². The zero-order valence-electron chi connectivity index (χ0n) is 13.9. The second-order valence-corrected chi connectivity index (χ2v) is 6.39. The summed E-state index contributed by atoms with van der Waals surface area (Å²) in [4.78, 5) is 0. The van der Waals surface area contributed by atoms with Crippen LogP contribution in [0.5, 0.6) is 5.75 Å². The SMILES string of the molecule is CCCCc1ccc(OC2CC(CC)CCC2NC)cc1. The second kappa shape index (κ2) is 8.43. The molecule has 0 radical (unpaired) electrons. The Hall–Kier alpha value is -1.02. The maximum absolute atomic E-state index is 6.29. The fourth-order valence-electron chi connectivity index (χ4n) is 3.33. The Kier molecular flexibility index (Phi) is 6.56. The molecule has 0 bridgehead atoms. The quantitative estimate of drug-likeness (QED) is 0.793. The van der Waals surface area contributed by atoms with E-state index in [9.17, 15) is 0 Å². The number of likely N-dealkylation sites (N-methyl/N-ethyl adjacent to an activating group) is 1. The highest BCUT2D eigenvalue weighted by molar-refractivity contribution is 5.27. The second-order valence-electron chi connectivity index (χ2n) is 6.39. The van der Waals surface area contributed by atoms with Gasteiger partial charge in [-0.05, 0) is 62.8 Å². The summed E-state index contributed by atoms with van der Waals surface area (Å²) in [6.45, 7) is 4.53. The first-order valence-corrected chi connectivity index (χ1v) is 8.69. The fourth-order valence-corrected chi connectivity index (χ4v) is 3.33. The summed E-state index contributed by atoms with van der Waals surface area (Å²) in [5, 5.41) is 3.43. The Morgan fingerprint density at radius 2 is 1.90 bits per heavy atom. The van der Waals surface area contributed by atoms with Crippen LogP contribution in [0, 0.1) is 5.92 Å². The third-order valence-corrected chi connectivity index (χ3v) is 4.88. The van der Waals surface area contributed by atoms with E-state index in [2.05, 4.69) is 50.5 Å². The summed E-state index contributed by atoms with van der Waals surface area (Å²) in [5.74, 6) is 1.85. The van der Waals surface area contributed by atoms with Crippen LogP contribution in [0.2, 0.25) is 0 Å². The minimum atomic E-state index is 0.315. The topological polar surface area (TPSA) is 21.3 Å². The molecule has 1 N–H and O–H groups in total. The highest BCUT2D eigenvalue weighted by Crippen LogP contribution is 2.30. The molecule has 2 heteroatoms. The molecule has 2 nitrogen and oxygen atoms in total. The molecule has 3 atom stereocenters. The zero-order chi connectivity index (χ0) is 15.1. The number of benzene rings is 1. The number of nitrogens with one attached hydrogen (secondary N) is 1. The van der Waals surface area contributed by atoms with E-state index < -0.39 is 0 Å². The van der Waals surface area contributed by atoms with Crippen molar-refractivity contribution < 1.29 is 4.74 Å². The van der Waals surface area contributed by atoms with E-state index in [4.69, 9.17) is 4.74 Å². The maximum Gasteiger partial charge on any atom is 0.119 e. The summed E-state index contributed by atoms with van der Waals surface area (Å²) in [7, 11) is 2.06. The van der Waals surface area contributed by atoms with Crippen LogP contribution in [0.3, 0.4) is 0 Å². The smallest absolute Gasteiger partial charge is 0.119 e. The molecule has 0 aromatic heterocycles. The van der Waals surface area contributed by atoms with Crippen molar-refractivity contribution in [1.82, 2.24) is 5.32 Å². The van der Waals surface area contributed by atoms with Gasteiger partial charge in [0.1, 0.15) is 11.9 Å². The van der Waals surface area contributed by atoms with Crippen molar-refractivity contribution in [3.63, 3.8) is 0 Å². The number of hydrogen-bond donors (Lipinski definition) is 1. The molecular weight excluding hydrogens is 258 g/mol. The Labute approximate surface area is 130 Å². The lowest BCUT2D eigenvalue weighted by Crippen LogP contribution is -2.45. The molecule has 1 fully saturated rings. The zero-order valence-corrected chi connectivity index (χ0v) is 13.9. The molecule has 1 aromatic rings. The van der Waals surface area contributed by atoms with Crippen LogP contribution < -0.4 is 10.1 Å². The van der Waals surface area contributed by atoms with E-state index in [-0.39, 0.29) is 0 Å². The minimum Gasteiger partial charge on any atom is -0.489 e. The number of hydrogen-bond acceptors (Lipinski definition) is 2. The summed E-state index contributed by atoms with van der Waals surface area (Å²) < 4.78 is 6.29. The summed E-state index contributed by atoms with van der Waals surface area (Å²) in [5.41, 5.74) is 1.42. The Morgan fingerprint density at radius 1 is 1.14 bits per heavy atom. The lowest BCUT2D eigenvalue weighted by Gasteiger charge is -2.35. The van der Waals surface area contributed by atoms with Crippen LogP contribution >= 0.6 is 0 Å². The highest BCUT2D eigenvalue weighted by Gasteiger charge is 2.30. The molecular formula is C19H31NO. The van der Waals surface area contributed by atoms with Gasteiger partial charge < -0.3 is 10.1 Å². The molecule has 1 aromatic carbocycles.